The Labute approximate surface area is 116 Å². The number of rotatable bonds is 2. The Bertz CT molecular complexity index is 697. The van der Waals surface area contributed by atoms with Crippen LogP contribution in [-0.4, -0.2) is 10.9 Å². The van der Waals surface area contributed by atoms with Gasteiger partial charge in [-0.05, 0) is 41.1 Å². The largest absolute Gasteiger partial charge is 0.364 e. The van der Waals surface area contributed by atoms with E-state index in [1.165, 1.54) is 30.5 Å². The fourth-order valence-electron chi connectivity index (χ4n) is 1.53. The van der Waals surface area contributed by atoms with Crippen LogP contribution >= 0.6 is 15.9 Å². The summed E-state index contributed by atoms with van der Waals surface area (Å²) in [5, 5.41) is 2.54. The summed E-state index contributed by atoms with van der Waals surface area (Å²) < 4.78 is 13.3. The predicted octanol–water partition coefficient (Wildman–Crippen LogP) is 2.84. The monoisotopic (exact) mass is 324 g/mol. The van der Waals surface area contributed by atoms with Gasteiger partial charge in [-0.1, -0.05) is 0 Å². The molecule has 0 saturated heterocycles. The van der Waals surface area contributed by atoms with E-state index in [9.17, 15) is 14.0 Å². The number of pyridine rings is 1. The lowest BCUT2D eigenvalue weighted by Gasteiger charge is -2.07. The summed E-state index contributed by atoms with van der Waals surface area (Å²) in [6, 6.07) is 5.21. The molecular formula is C13H10BrFN2O2. The zero-order valence-corrected chi connectivity index (χ0v) is 11.5. The van der Waals surface area contributed by atoms with Crippen molar-refractivity contribution in [1.82, 2.24) is 4.98 Å². The molecule has 0 radical (unpaired) electrons. The number of aromatic amines is 1. The highest BCUT2D eigenvalue weighted by Crippen LogP contribution is 2.23. The molecule has 4 nitrogen and oxygen atoms in total. The molecule has 0 unspecified atom stereocenters. The van der Waals surface area contributed by atoms with Crippen LogP contribution < -0.4 is 10.7 Å². The first-order valence-electron chi connectivity index (χ1n) is 5.43. The molecule has 0 fully saturated rings. The normalized spacial score (nSPS) is 10.3. The summed E-state index contributed by atoms with van der Waals surface area (Å²) in [5.74, 6) is -0.966. The highest BCUT2D eigenvalue weighted by molar-refractivity contribution is 9.10. The SMILES string of the molecule is Cc1cc(=O)c(C(=O)Nc2ccc(F)cc2Br)c[nH]1. The number of aromatic nitrogens is 1. The average Bonchev–Trinajstić information content (AvgIpc) is 2.32. The molecule has 1 aromatic carbocycles. The van der Waals surface area contributed by atoms with E-state index >= 15 is 0 Å². The van der Waals surface area contributed by atoms with Crippen molar-refractivity contribution < 1.29 is 9.18 Å². The molecule has 2 N–H and O–H groups in total. The van der Waals surface area contributed by atoms with Crippen LogP contribution in [0.1, 0.15) is 16.1 Å². The third kappa shape index (κ3) is 3.08. The lowest BCUT2D eigenvalue weighted by atomic mass is 10.2. The zero-order valence-electron chi connectivity index (χ0n) is 9.96. The van der Waals surface area contributed by atoms with Crippen LogP contribution in [0.15, 0.2) is 39.7 Å². The Kier molecular flexibility index (Phi) is 3.80. The Morgan fingerprint density at radius 2 is 2.11 bits per heavy atom. The molecule has 0 atom stereocenters. The Morgan fingerprint density at radius 3 is 2.74 bits per heavy atom. The highest BCUT2D eigenvalue weighted by atomic mass is 79.9. The quantitative estimate of drug-likeness (QED) is 0.892. The first-order valence-corrected chi connectivity index (χ1v) is 6.22. The van der Waals surface area contributed by atoms with Gasteiger partial charge in [0.05, 0.1) is 5.69 Å². The van der Waals surface area contributed by atoms with Crippen molar-refractivity contribution in [3.63, 3.8) is 0 Å². The van der Waals surface area contributed by atoms with Crippen molar-refractivity contribution in [1.29, 1.82) is 0 Å². The van der Waals surface area contributed by atoms with E-state index in [1.54, 1.807) is 6.92 Å². The summed E-state index contributed by atoms with van der Waals surface area (Å²) in [5.41, 5.74) is 0.699. The topological polar surface area (TPSA) is 62.0 Å². The fourth-order valence-corrected chi connectivity index (χ4v) is 1.98. The number of aryl methyl sites for hydroxylation is 1. The van der Waals surface area contributed by atoms with Crippen LogP contribution in [0.2, 0.25) is 0 Å². The smallest absolute Gasteiger partial charge is 0.261 e. The second-order valence-electron chi connectivity index (χ2n) is 3.97. The van der Waals surface area contributed by atoms with Gasteiger partial charge in [0.2, 0.25) is 0 Å². The van der Waals surface area contributed by atoms with E-state index in [0.717, 1.165) is 0 Å². The number of H-pyrrole nitrogens is 1. The van der Waals surface area contributed by atoms with Crippen LogP contribution in [0, 0.1) is 12.7 Å². The third-order valence-corrected chi connectivity index (χ3v) is 3.14. The van der Waals surface area contributed by atoms with Crippen LogP contribution in [0.4, 0.5) is 10.1 Å². The summed E-state index contributed by atoms with van der Waals surface area (Å²) in [6.45, 7) is 1.72. The highest BCUT2D eigenvalue weighted by Gasteiger charge is 2.12. The van der Waals surface area contributed by atoms with Gasteiger partial charge in [0.1, 0.15) is 11.4 Å². The van der Waals surface area contributed by atoms with Gasteiger partial charge in [0, 0.05) is 22.4 Å². The maximum absolute atomic E-state index is 12.9. The molecule has 98 valence electrons. The average molecular weight is 325 g/mol. The standard InChI is InChI=1S/C13H10BrFN2O2/c1-7-4-12(18)9(6-16-7)13(19)17-11-3-2-8(15)5-10(11)14/h2-6H,1H3,(H,16,18)(H,17,19). The Morgan fingerprint density at radius 1 is 1.37 bits per heavy atom. The molecule has 2 aromatic rings. The molecule has 0 aliphatic carbocycles. The van der Waals surface area contributed by atoms with Crippen molar-refractivity contribution >= 4 is 27.5 Å². The maximum Gasteiger partial charge on any atom is 0.261 e. The van der Waals surface area contributed by atoms with Gasteiger partial charge in [-0.3, -0.25) is 9.59 Å². The van der Waals surface area contributed by atoms with Gasteiger partial charge in [-0.15, -0.1) is 0 Å². The van der Waals surface area contributed by atoms with Gasteiger partial charge in [-0.25, -0.2) is 4.39 Å². The van der Waals surface area contributed by atoms with Gasteiger partial charge in [-0.2, -0.15) is 0 Å². The van der Waals surface area contributed by atoms with E-state index in [-0.39, 0.29) is 11.0 Å². The molecule has 0 aliphatic rings. The molecule has 1 aromatic heterocycles. The maximum atomic E-state index is 12.9. The molecule has 6 heteroatoms. The molecule has 0 bridgehead atoms. The number of carbonyl (C=O) groups excluding carboxylic acids is 1. The molecule has 0 spiro atoms. The summed E-state index contributed by atoms with van der Waals surface area (Å²) in [6.07, 6.45) is 1.35. The molecule has 0 aliphatic heterocycles. The van der Waals surface area contributed by atoms with E-state index in [0.29, 0.717) is 15.9 Å². The van der Waals surface area contributed by atoms with Gasteiger partial charge in [0.25, 0.3) is 5.91 Å². The van der Waals surface area contributed by atoms with Crippen molar-refractivity contribution in [3.8, 4) is 0 Å². The number of amides is 1. The van der Waals surface area contributed by atoms with Gasteiger partial charge >= 0.3 is 0 Å². The Hall–Kier alpha value is -1.95. The number of carbonyl (C=O) groups is 1. The number of anilines is 1. The van der Waals surface area contributed by atoms with Crippen LogP contribution in [-0.2, 0) is 0 Å². The molecule has 0 saturated carbocycles. The van der Waals surface area contributed by atoms with Crippen molar-refractivity contribution in [2.24, 2.45) is 0 Å². The van der Waals surface area contributed by atoms with E-state index in [1.807, 2.05) is 0 Å². The van der Waals surface area contributed by atoms with E-state index in [4.69, 9.17) is 0 Å². The number of hydrogen-bond donors (Lipinski definition) is 2. The summed E-state index contributed by atoms with van der Waals surface area (Å²) in [4.78, 5) is 26.4. The molecule has 19 heavy (non-hydrogen) atoms. The van der Waals surface area contributed by atoms with Crippen molar-refractivity contribution in [2.75, 3.05) is 5.32 Å². The second kappa shape index (κ2) is 5.36. The van der Waals surface area contributed by atoms with Crippen LogP contribution in [0.3, 0.4) is 0 Å². The minimum atomic E-state index is -0.548. The fraction of sp³-hybridized carbons (Fsp3) is 0.0769. The van der Waals surface area contributed by atoms with E-state index in [2.05, 4.69) is 26.2 Å². The second-order valence-corrected chi connectivity index (χ2v) is 4.83. The number of hydrogen-bond acceptors (Lipinski definition) is 2. The van der Waals surface area contributed by atoms with Crippen LogP contribution in [0.25, 0.3) is 0 Å². The van der Waals surface area contributed by atoms with Gasteiger partial charge < -0.3 is 10.3 Å². The zero-order chi connectivity index (χ0) is 14.0. The molecule has 1 amide bonds. The first kappa shape index (κ1) is 13.5. The van der Waals surface area contributed by atoms with Gasteiger partial charge in [0.15, 0.2) is 5.43 Å². The van der Waals surface area contributed by atoms with Crippen LogP contribution in [0.5, 0.6) is 0 Å². The summed E-state index contributed by atoms with van der Waals surface area (Å²) in [7, 11) is 0. The number of nitrogens with one attached hydrogen (secondary N) is 2. The summed E-state index contributed by atoms with van der Waals surface area (Å²) >= 11 is 3.14. The van der Waals surface area contributed by atoms with E-state index < -0.39 is 11.7 Å². The van der Waals surface area contributed by atoms with Crippen molar-refractivity contribution in [2.45, 2.75) is 6.92 Å². The Balaban J connectivity index is 2.28. The first-order chi connectivity index (χ1) is 8.97. The molecule has 1 heterocycles. The third-order valence-electron chi connectivity index (χ3n) is 2.48. The predicted molar refractivity (Wildman–Crippen MR) is 73.9 cm³/mol. The minimum absolute atomic E-state index is 0.00169. The lowest BCUT2D eigenvalue weighted by molar-refractivity contribution is 0.102. The lowest BCUT2D eigenvalue weighted by Crippen LogP contribution is -2.21. The number of benzene rings is 1. The minimum Gasteiger partial charge on any atom is -0.364 e. The molecule has 2 rings (SSSR count). The number of halogens is 2. The molecular weight excluding hydrogens is 315 g/mol. The van der Waals surface area contributed by atoms with Crippen molar-refractivity contribution in [3.05, 3.63) is 62.2 Å².